The van der Waals surface area contributed by atoms with Crippen LogP contribution in [0.1, 0.15) is 40.1 Å². The van der Waals surface area contributed by atoms with Crippen LogP contribution < -0.4 is 0 Å². The number of carbonyl (C=O) groups is 3. The van der Waals surface area contributed by atoms with E-state index in [1.165, 1.54) is 13.0 Å². The molecule has 0 bridgehead atoms. The molecule has 0 radical (unpaired) electrons. The maximum atomic E-state index is 12.5. The molecule has 0 heterocycles. The van der Waals surface area contributed by atoms with Crippen LogP contribution in [0.15, 0.2) is 66.7 Å². The fourth-order valence-electron chi connectivity index (χ4n) is 2.14. The molecule has 0 fully saturated rings. The fraction of sp³-hybridized carbons (Fsp3) is 0.190. The third kappa shape index (κ3) is 5.14. The summed E-state index contributed by atoms with van der Waals surface area (Å²) in [5.41, 5.74) is 1.46. The van der Waals surface area contributed by atoms with Gasteiger partial charge in [0, 0.05) is 16.7 Å². The summed E-state index contributed by atoms with van der Waals surface area (Å²) < 4.78 is 10.2. The van der Waals surface area contributed by atoms with Crippen molar-refractivity contribution in [2.45, 2.75) is 20.0 Å². The number of rotatable bonds is 7. The summed E-state index contributed by atoms with van der Waals surface area (Å²) in [4.78, 5) is 36.1. The number of hydrogen-bond acceptors (Lipinski definition) is 5. The second-order valence-corrected chi connectivity index (χ2v) is 5.87. The minimum Gasteiger partial charge on any atom is -0.458 e. The van der Waals surface area contributed by atoms with Gasteiger partial charge in [-0.25, -0.2) is 9.59 Å². The van der Waals surface area contributed by atoms with Crippen LogP contribution >= 0.6 is 0 Å². The lowest BCUT2D eigenvalue weighted by atomic mass is 10.0. The molecule has 2 aromatic rings. The van der Waals surface area contributed by atoms with Crippen LogP contribution in [0.3, 0.4) is 0 Å². The quantitative estimate of drug-likeness (QED) is 0.433. The predicted octanol–water partition coefficient (Wildman–Crippen LogP) is 3.58. The molecular weight excluding hydrogens is 332 g/mol. The lowest BCUT2D eigenvalue weighted by Crippen LogP contribution is -2.22. The van der Waals surface area contributed by atoms with E-state index in [2.05, 4.69) is 6.58 Å². The molecule has 0 N–H and O–H groups in total. The summed E-state index contributed by atoms with van der Waals surface area (Å²) in [6.45, 7) is 6.55. The molecule has 0 aromatic heterocycles. The van der Waals surface area contributed by atoms with Crippen molar-refractivity contribution >= 4 is 17.7 Å². The van der Waals surface area contributed by atoms with E-state index in [0.717, 1.165) is 0 Å². The highest BCUT2D eigenvalue weighted by molar-refractivity contribution is 6.09. The number of esters is 2. The molecule has 2 rings (SSSR count). The average Bonchev–Trinajstić information content (AvgIpc) is 2.66. The van der Waals surface area contributed by atoms with Crippen LogP contribution in [0.4, 0.5) is 0 Å². The topological polar surface area (TPSA) is 69.7 Å². The zero-order valence-electron chi connectivity index (χ0n) is 14.7. The van der Waals surface area contributed by atoms with Crippen molar-refractivity contribution in [3.8, 4) is 0 Å². The Hall–Kier alpha value is -3.21. The number of hydrogen-bond donors (Lipinski definition) is 0. The number of ketones is 1. The Morgan fingerprint density at radius 1 is 0.962 bits per heavy atom. The van der Waals surface area contributed by atoms with E-state index in [0.29, 0.717) is 11.1 Å². The Labute approximate surface area is 152 Å². The summed E-state index contributed by atoms with van der Waals surface area (Å²) in [5, 5.41) is 0. The summed E-state index contributed by atoms with van der Waals surface area (Å²) in [5.74, 6) is -1.31. The second kappa shape index (κ2) is 8.76. The van der Waals surface area contributed by atoms with Crippen molar-refractivity contribution in [1.82, 2.24) is 0 Å². The molecule has 134 valence electrons. The second-order valence-electron chi connectivity index (χ2n) is 5.87. The van der Waals surface area contributed by atoms with Gasteiger partial charge in [-0.15, -0.1) is 0 Å². The molecule has 0 aliphatic heterocycles. The normalized spacial score (nSPS) is 11.3. The average molecular weight is 352 g/mol. The van der Waals surface area contributed by atoms with E-state index in [1.807, 2.05) is 6.07 Å². The van der Waals surface area contributed by atoms with Crippen LogP contribution in [0.25, 0.3) is 0 Å². The lowest BCUT2D eigenvalue weighted by molar-refractivity contribution is -0.145. The summed E-state index contributed by atoms with van der Waals surface area (Å²) in [7, 11) is 0. The third-order valence-corrected chi connectivity index (χ3v) is 3.50. The maximum absolute atomic E-state index is 12.5. The number of carbonyl (C=O) groups excluding carboxylic acids is 3. The minimum absolute atomic E-state index is 0.0886. The number of benzene rings is 2. The van der Waals surface area contributed by atoms with Crippen LogP contribution in [0, 0.1) is 0 Å². The Morgan fingerprint density at radius 2 is 1.58 bits per heavy atom. The summed E-state index contributed by atoms with van der Waals surface area (Å²) in [6.07, 6.45) is -0.600. The molecule has 26 heavy (non-hydrogen) atoms. The first-order valence-electron chi connectivity index (χ1n) is 8.12. The first kappa shape index (κ1) is 19.1. The van der Waals surface area contributed by atoms with E-state index in [9.17, 15) is 14.4 Å². The van der Waals surface area contributed by atoms with Crippen molar-refractivity contribution in [3.63, 3.8) is 0 Å². The van der Waals surface area contributed by atoms with E-state index >= 15 is 0 Å². The smallest absolute Gasteiger partial charge is 0.338 e. The van der Waals surface area contributed by atoms with Gasteiger partial charge in [-0.05, 0) is 26.0 Å². The van der Waals surface area contributed by atoms with Gasteiger partial charge in [0.25, 0.3) is 0 Å². The van der Waals surface area contributed by atoms with Gasteiger partial charge in [0.1, 0.15) is 12.7 Å². The standard InChI is InChI=1S/C21H20O5/c1-14(2)20(23)26-15(3)13-25-21(24)18-11-7-10-17(12-18)19(22)16-8-5-4-6-9-16/h4-12,15H,1,13H2,2-3H3. The van der Waals surface area contributed by atoms with E-state index in [-0.39, 0.29) is 23.5 Å². The molecule has 0 saturated carbocycles. The zero-order chi connectivity index (χ0) is 19.1. The highest BCUT2D eigenvalue weighted by Gasteiger charge is 2.16. The van der Waals surface area contributed by atoms with E-state index in [1.54, 1.807) is 49.4 Å². The van der Waals surface area contributed by atoms with Crippen molar-refractivity contribution in [3.05, 3.63) is 83.4 Å². The van der Waals surface area contributed by atoms with E-state index < -0.39 is 18.0 Å². The highest BCUT2D eigenvalue weighted by atomic mass is 16.6. The Morgan fingerprint density at radius 3 is 2.23 bits per heavy atom. The van der Waals surface area contributed by atoms with Gasteiger partial charge >= 0.3 is 11.9 Å². The molecule has 0 aliphatic carbocycles. The van der Waals surface area contributed by atoms with Gasteiger partial charge in [-0.3, -0.25) is 4.79 Å². The molecule has 0 aliphatic rings. The van der Waals surface area contributed by atoms with Gasteiger partial charge in [-0.1, -0.05) is 49.0 Å². The van der Waals surface area contributed by atoms with Crippen LogP contribution in [-0.2, 0) is 14.3 Å². The largest absolute Gasteiger partial charge is 0.458 e. The van der Waals surface area contributed by atoms with Gasteiger partial charge in [0.15, 0.2) is 5.78 Å². The molecule has 0 spiro atoms. The lowest BCUT2D eigenvalue weighted by Gasteiger charge is -2.13. The molecule has 5 heteroatoms. The monoisotopic (exact) mass is 352 g/mol. The van der Waals surface area contributed by atoms with Crippen LogP contribution in [-0.4, -0.2) is 30.4 Å². The summed E-state index contributed by atoms with van der Waals surface area (Å²) >= 11 is 0. The third-order valence-electron chi connectivity index (χ3n) is 3.50. The fourth-order valence-corrected chi connectivity index (χ4v) is 2.14. The van der Waals surface area contributed by atoms with Crippen molar-refractivity contribution in [2.75, 3.05) is 6.61 Å². The molecular formula is C21H20O5. The first-order chi connectivity index (χ1) is 12.4. The predicted molar refractivity (Wildman–Crippen MR) is 97.0 cm³/mol. The van der Waals surface area contributed by atoms with Crippen molar-refractivity contribution in [1.29, 1.82) is 0 Å². The maximum Gasteiger partial charge on any atom is 0.338 e. The molecule has 5 nitrogen and oxygen atoms in total. The first-order valence-corrected chi connectivity index (χ1v) is 8.12. The van der Waals surface area contributed by atoms with E-state index in [4.69, 9.17) is 9.47 Å². The summed E-state index contributed by atoms with van der Waals surface area (Å²) in [6, 6.07) is 15.1. The van der Waals surface area contributed by atoms with Crippen LogP contribution in [0.2, 0.25) is 0 Å². The number of ether oxygens (including phenoxy) is 2. The minimum atomic E-state index is -0.600. The molecule has 0 amide bonds. The zero-order valence-corrected chi connectivity index (χ0v) is 14.7. The van der Waals surface area contributed by atoms with Gasteiger partial charge < -0.3 is 9.47 Å². The van der Waals surface area contributed by atoms with Crippen molar-refractivity contribution < 1.29 is 23.9 Å². The molecule has 1 atom stereocenters. The van der Waals surface area contributed by atoms with Gasteiger partial charge in [-0.2, -0.15) is 0 Å². The van der Waals surface area contributed by atoms with Crippen LogP contribution in [0.5, 0.6) is 0 Å². The molecule has 2 aromatic carbocycles. The Bertz CT molecular complexity index is 823. The van der Waals surface area contributed by atoms with Gasteiger partial charge in [0.05, 0.1) is 5.56 Å². The van der Waals surface area contributed by atoms with Crippen molar-refractivity contribution in [2.24, 2.45) is 0 Å². The SMILES string of the molecule is C=C(C)C(=O)OC(C)COC(=O)c1cccc(C(=O)c2ccccc2)c1. The van der Waals surface area contributed by atoms with Gasteiger partial charge in [0.2, 0.25) is 0 Å². The Kier molecular flexibility index (Phi) is 6.44. The highest BCUT2D eigenvalue weighted by Crippen LogP contribution is 2.13. The molecule has 0 saturated heterocycles. The molecule has 1 unspecified atom stereocenters. The Balaban J connectivity index is 2.01.